The fourth-order valence-corrected chi connectivity index (χ4v) is 8.34. The van der Waals surface area contributed by atoms with E-state index in [0.717, 1.165) is 66.0 Å². The number of piperidine rings is 1. The molecule has 266 valence electrons. The number of rotatable bonds is 15. The van der Waals surface area contributed by atoms with Crippen LogP contribution >= 0.6 is 0 Å². The molecule has 2 heterocycles. The number of ether oxygens (including phenoxy) is 5. The highest BCUT2D eigenvalue weighted by Crippen LogP contribution is 2.43. The zero-order valence-corrected chi connectivity index (χ0v) is 29.9. The van der Waals surface area contributed by atoms with E-state index in [1.807, 2.05) is 50.2 Å². The fourth-order valence-electron chi connectivity index (χ4n) is 6.86. The van der Waals surface area contributed by atoms with Gasteiger partial charge in [-0.25, -0.2) is 8.42 Å². The molecule has 0 aromatic heterocycles. The molecule has 6 rings (SSSR count). The number of anilines is 1. The molecule has 1 N–H and O–H groups in total. The third-order valence-corrected chi connectivity index (χ3v) is 11.9. The molecular formula is C38H50N2O8S. The van der Waals surface area contributed by atoms with E-state index < -0.39 is 33.9 Å². The van der Waals surface area contributed by atoms with Gasteiger partial charge >= 0.3 is 0 Å². The molecule has 0 amide bonds. The number of aliphatic hydroxyl groups is 1. The van der Waals surface area contributed by atoms with Crippen molar-refractivity contribution < 1.29 is 37.2 Å². The van der Waals surface area contributed by atoms with Crippen molar-refractivity contribution in [2.24, 2.45) is 5.92 Å². The van der Waals surface area contributed by atoms with E-state index in [0.29, 0.717) is 25.7 Å². The Morgan fingerprint density at radius 3 is 2.39 bits per heavy atom. The van der Waals surface area contributed by atoms with Gasteiger partial charge in [0.2, 0.25) is 10.0 Å². The second kappa shape index (κ2) is 15.5. The van der Waals surface area contributed by atoms with Gasteiger partial charge in [-0.15, -0.1) is 0 Å². The molecule has 1 unspecified atom stereocenters. The SMILES string of the molecule is COCCCN1CCOc2ccc(CO[C@H]3CN(S(=O)(=O)c4ccc(C)cc4)C[C@@H](O)[C@@H]3c3ccc(COC(C)(OC)C4CC4)cc3)cc21. The van der Waals surface area contributed by atoms with Gasteiger partial charge in [0.1, 0.15) is 12.4 Å². The van der Waals surface area contributed by atoms with Crippen molar-refractivity contribution in [2.75, 3.05) is 58.5 Å². The van der Waals surface area contributed by atoms with Crippen LogP contribution in [0.3, 0.4) is 0 Å². The number of aliphatic hydroxyl groups excluding tert-OH is 1. The summed E-state index contributed by atoms with van der Waals surface area (Å²) in [6, 6.07) is 20.8. The van der Waals surface area contributed by atoms with Crippen LogP contribution < -0.4 is 9.64 Å². The highest BCUT2D eigenvalue weighted by atomic mass is 32.2. The first-order chi connectivity index (χ1) is 23.6. The number of hydrogen-bond donors (Lipinski definition) is 1. The Labute approximate surface area is 290 Å². The molecule has 1 saturated carbocycles. The predicted molar refractivity (Wildman–Crippen MR) is 187 cm³/mol. The summed E-state index contributed by atoms with van der Waals surface area (Å²) in [5.74, 6) is 0.197. The topological polar surface area (TPSA) is 107 Å². The molecule has 1 aliphatic carbocycles. The van der Waals surface area contributed by atoms with Crippen molar-refractivity contribution in [2.45, 2.75) is 75.1 Å². The molecule has 0 spiro atoms. The minimum Gasteiger partial charge on any atom is -0.490 e. The second-order valence-electron chi connectivity index (χ2n) is 13.6. The summed E-state index contributed by atoms with van der Waals surface area (Å²) in [5, 5.41) is 11.6. The van der Waals surface area contributed by atoms with Crippen molar-refractivity contribution in [1.29, 1.82) is 0 Å². The summed E-state index contributed by atoms with van der Waals surface area (Å²) in [6.45, 7) is 7.57. The Morgan fingerprint density at radius 1 is 0.959 bits per heavy atom. The van der Waals surface area contributed by atoms with Gasteiger partial charge < -0.3 is 33.7 Å². The first-order valence-corrected chi connectivity index (χ1v) is 18.7. The maximum absolute atomic E-state index is 13.8. The summed E-state index contributed by atoms with van der Waals surface area (Å²) >= 11 is 0. The van der Waals surface area contributed by atoms with Crippen molar-refractivity contribution in [3.63, 3.8) is 0 Å². The third-order valence-electron chi connectivity index (χ3n) is 10.1. The van der Waals surface area contributed by atoms with Crippen LogP contribution in [-0.4, -0.2) is 89.4 Å². The second-order valence-corrected chi connectivity index (χ2v) is 15.5. The monoisotopic (exact) mass is 694 g/mol. The van der Waals surface area contributed by atoms with Crippen molar-refractivity contribution in [1.82, 2.24) is 4.31 Å². The number of β-amino-alcohol motifs (C(OH)–C–C–N with tert-alkyl or cyclic N) is 1. The van der Waals surface area contributed by atoms with Crippen LogP contribution in [0.4, 0.5) is 5.69 Å². The fraction of sp³-hybridized carbons (Fsp3) is 0.526. The third kappa shape index (κ3) is 8.31. The number of aryl methyl sites for hydroxylation is 1. The quantitative estimate of drug-likeness (QED) is 0.169. The molecule has 0 radical (unpaired) electrons. The number of methoxy groups -OCH3 is 2. The summed E-state index contributed by atoms with van der Waals surface area (Å²) in [4.78, 5) is 2.50. The first-order valence-electron chi connectivity index (χ1n) is 17.3. The van der Waals surface area contributed by atoms with Crippen molar-refractivity contribution in [3.05, 3.63) is 89.0 Å². The molecule has 1 saturated heterocycles. The molecule has 0 bridgehead atoms. The van der Waals surface area contributed by atoms with Crippen LogP contribution in [-0.2, 0) is 42.2 Å². The normalized spacial score (nSPS) is 22.7. The Balaban J connectivity index is 1.22. The molecule has 3 aliphatic rings. The van der Waals surface area contributed by atoms with Crippen LogP contribution in [0.15, 0.2) is 71.6 Å². The lowest BCUT2D eigenvalue weighted by Crippen LogP contribution is -2.53. The molecule has 4 atom stereocenters. The summed E-state index contributed by atoms with van der Waals surface area (Å²) in [5.41, 5.74) is 4.80. The standard InChI is InChI=1S/C38H50N2O8S/c1-27-6-15-32(16-7-27)49(42,43)40-23-34(41)37(30-11-8-28(9-12-30)26-48-38(2,45-4)31-13-14-31)36(24-40)47-25-29-10-17-35-33(22-29)39(19-21-46-35)18-5-20-44-3/h6-12,15-17,22,31,34,36-37,41H,5,13-14,18-21,23-26H2,1-4H3/t34-,36+,37+,38?/m1/s1. The molecule has 3 aromatic carbocycles. The molecule has 2 fully saturated rings. The molecule has 3 aromatic rings. The van der Waals surface area contributed by atoms with Gasteiger partial charge in [0.15, 0.2) is 5.79 Å². The Kier molecular flexibility index (Phi) is 11.3. The minimum atomic E-state index is -3.86. The van der Waals surface area contributed by atoms with Gasteiger partial charge in [0.05, 0.1) is 42.5 Å². The van der Waals surface area contributed by atoms with E-state index in [9.17, 15) is 13.5 Å². The van der Waals surface area contributed by atoms with E-state index >= 15 is 0 Å². The largest absolute Gasteiger partial charge is 0.490 e. The average molecular weight is 695 g/mol. The molecule has 11 heteroatoms. The predicted octanol–water partition coefficient (Wildman–Crippen LogP) is 5.25. The molecule has 10 nitrogen and oxygen atoms in total. The maximum Gasteiger partial charge on any atom is 0.243 e. The minimum absolute atomic E-state index is 0.0359. The summed E-state index contributed by atoms with van der Waals surface area (Å²) in [7, 11) is -0.469. The number of hydrogen-bond acceptors (Lipinski definition) is 9. The van der Waals surface area contributed by atoms with Gasteiger partial charge in [-0.05, 0) is 74.1 Å². The van der Waals surface area contributed by atoms with Gasteiger partial charge in [-0.2, -0.15) is 4.31 Å². The van der Waals surface area contributed by atoms with Gasteiger partial charge in [0.25, 0.3) is 0 Å². The van der Waals surface area contributed by atoms with E-state index in [1.54, 1.807) is 38.5 Å². The Bertz CT molecular complexity index is 1650. The van der Waals surface area contributed by atoms with Crippen LogP contribution in [0.2, 0.25) is 0 Å². The molecule has 49 heavy (non-hydrogen) atoms. The van der Waals surface area contributed by atoms with Gasteiger partial charge in [0, 0.05) is 52.3 Å². The highest BCUT2D eigenvalue weighted by Gasteiger charge is 2.44. The van der Waals surface area contributed by atoms with Crippen LogP contribution in [0, 0.1) is 12.8 Å². The zero-order chi connectivity index (χ0) is 34.6. The maximum atomic E-state index is 13.8. The lowest BCUT2D eigenvalue weighted by molar-refractivity contribution is -0.230. The lowest BCUT2D eigenvalue weighted by atomic mass is 9.85. The number of sulfonamides is 1. The molecular weight excluding hydrogens is 644 g/mol. The summed E-state index contributed by atoms with van der Waals surface area (Å²) in [6.07, 6.45) is 1.52. The molecule has 2 aliphatic heterocycles. The summed E-state index contributed by atoms with van der Waals surface area (Å²) < 4.78 is 58.6. The number of fused-ring (bicyclic) bond motifs is 1. The van der Waals surface area contributed by atoms with E-state index in [1.165, 1.54) is 4.31 Å². The Hall–Kier alpha value is -3.03. The first kappa shape index (κ1) is 35.8. The van der Waals surface area contributed by atoms with Crippen LogP contribution in [0.5, 0.6) is 5.75 Å². The van der Waals surface area contributed by atoms with Crippen molar-refractivity contribution >= 4 is 15.7 Å². The van der Waals surface area contributed by atoms with Crippen molar-refractivity contribution in [3.8, 4) is 5.75 Å². The van der Waals surface area contributed by atoms with Crippen LogP contribution in [0.1, 0.15) is 54.4 Å². The number of nitrogens with zero attached hydrogens (tertiary/aromatic N) is 2. The van der Waals surface area contributed by atoms with E-state index in [4.69, 9.17) is 23.7 Å². The smallest absolute Gasteiger partial charge is 0.243 e. The zero-order valence-electron chi connectivity index (χ0n) is 29.0. The average Bonchev–Trinajstić information content (AvgIpc) is 3.97. The van der Waals surface area contributed by atoms with E-state index in [2.05, 4.69) is 11.0 Å². The van der Waals surface area contributed by atoms with Gasteiger partial charge in [-0.3, -0.25) is 0 Å². The highest BCUT2D eigenvalue weighted by molar-refractivity contribution is 7.89. The van der Waals surface area contributed by atoms with E-state index in [-0.39, 0.29) is 24.6 Å². The lowest BCUT2D eigenvalue weighted by Gasteiger charge is -2.41. The van der Waals surface area contributed by atoms with Crippen LogP contribution in [0.25, 0.3) is 0 Å². The van der Waals surface area contributed by atoms with Gasteiger partial charge in [-0.1, -0.05) is 48.0 Å². The number of benzene rings is 3. The Morgan fingerprint density at radius 2 is 1.69 bits per heavy atom.